The van der Waals surface area contributed by atoms with Crippen molar-refractivity contribution in [3.8, 4) is 0 Å². The second-order valence-electron chi connectivity index (χ2n) is 3.85. The van der Waals surface area contributed by atoms with Gasteiger partial charge >= 0.3 is 0 Å². The van der Waals surface area contributed by atoms with E-state index in [2.05, 4.69) is 5.32 Å². The van der Waals surface area contributed by atoms with Crippen molar-refractivity contribution in [1.82, 2.24) is 5.32 Å². The van der Waals surface area contributed by atoms with Crippen molar-refractivity contribution in [3.63, 3.8) is 0 Å². The van der Waals surface area contributed by atoms with E-state index in [0.29, 0.717) is 10.0 Å². The standard InChI is InChI=1S/C12H17Cl2NO/c1-3-10(7-16)15-8(2)9-4-5-11(13)12(14)6-9/h4-6,8,10,15-16H,3,7H2,1-2H3/t8?,10-/m1/s1. The van der Waals surface area contributed by atoms with E-state index in [9.17, 15) is 0 Å². The Bertz CT molecular complexity index is 340. The lowest BCUT2D eigenvalue weighted by molar-refractivity contribution is 0.230. The topological polar surface area (TPSA) is 32.3 Å². The summed E-state index contributed by atoms with van der Waals surface area (Å²) in [6, 6.07) is 5.84. The molecule has 0 heterocycles. The summed E-state index contributed by atoms with van der Waals surface area (Å²) in [7, 11) is 0. The van der Waals surface area contributed by atoms with Gasteiger partial charge in [0.25, 0.3) is 0 Å². The van der Waals surface area contributed by atoms with Gasteiger partial charge in [-0.3, -0.25) is 0 Å². The third kappa shape index (κ3) is 3.63. The van der Waals surface area contributed by atoms with Crippen molar-refractivity contribution in [2.75, 3.05) is 6.61 Å². The normalized spacial score (nSPS) is 14.8. The van der Waals surface area contributed by atoms with E-state index >= 15 is 0 Å². The van der Waals surface area contributed by atoms with Crippen molar-refractivity contribution >= 4 is 23.2 Å². The van der Waals surface area contributed by atoms with Crippen LogP contribution in [0.2, 0.25) is 10.0 Å². The number of aliphatic hydroxyl groups is 1. The Balaban J connectivity index is 2.72. The average Bonchev–Trinajstić information content (AvgIpc) is 2.29. The first-order valence-corrected chi connectivity index (χ1v) is 6.16. The summed E-state index contributed by atoms with van der Waals surface area (Å²) in [4.78, 5) is 0. The minimum absolute atomic E-state index is 0.115. The monoisotopic (exact) mass is 261 g/mol. The molecule has 2 atom stereocenters. The van der Waals surface area contributed by atoms with Crippen LogP contribution in [0.15, 0.2) is 18.2 Å². The Labute approximate surface area is 107 Å². The van der Waals surface area contributed by atoms with Crippen LogP contribution in [0.25, 0.3) is 0 Å². The molecule has 0 aliphatic carbocycles. The van der Waals surface area contributed by atoms with Gasteiger partial charge in [0.05, 0.1) is 16.7 Å². The molecule has 16 heavy (non-hydrogen) atoms. The summed E-state index contributed by atoms with van der Waals surface area (Å²) in [6.07, 6.45) is 0.891. The van der Waals surface area contributed by atoms with Gasteiger partial charge in [-0.25, -0.2) is 0 Å². The molecule has 2 N–H and O–H groups in total. The van der Waals surface area contributed by atoms with E-state index in [1.165, 1.54) is 0 Å². The zero-order valence-electron chi connectivity index (χ0n) is 9.50. The maximum absolute atomic E-state index is 9.11. The molecule has 0 amide bonds. The van der Waals surface area contributed by atoms with Crippen molar-refractivity contribution in [3.05, 3.63) is 33.8 Å². The summed E-state index contributed by atoms with van der Waals surface area (Å²) >= 11 is 11.8. The summed E-state index contributed by atoms with van der Waals surface area (Å²) in [5, 5.41) is 13.6. The Morgan fingerprint density at radius 1 is 1.31 bits per heavy atom. The molecule has 1 aromatic rings. The molecule has 0 aliphatic heterocycles. The van der Waals surface area contributed by atoms with Gasteiger partial charge in [0.2, 0.25) is 0 Å². The molecule has 0 fully saturated rings. The van der Waals surface area contributed by atoms with Gasteiger partial charge in [-0.05, 0) is 31.0 Å². The fraction of sp³-hybridized carbons (Fsp3) is 0.500. The van der Waals surface area contributed by atoms with E-state index in [0.717, 1.165) is 12.0 Å². The lowest BCUT2D eigenvalue weighted by Gasteiger charge is -2.21. The summed E-state index contributed by atoms with van der Waals surface area (Å²) in [5.41, 5.74) is 1.07. The Hall–Kier alpha value is -0.280. The molecule has 90 valence electrons. The van der Waals surface area contributed by atoms with Crippen LogP contribution < -0.4 is 5.32 Å². The first-order valence-electron chi connectivity index (χ1n) is 5.40. The molecule has 0 radical (unpaired) electrons. The SMILES string of the molecule is CC[C@H](CO)NC(C)c1ccc(Cl)c(Cl)c1. The van der Waals surface area contributed by atoms with Crippen LogP contribution in [-0.2, 0) is 0 Å². The van der Waals surface area contributed by atoms with E-state index in [4.69, 9.17) is 28.3 Å². The molecule has 0 spiro atoms. The van der Waals surface area contributed by atoms with Crippen LogP contribution in [0.4, 0.5) is 0 Å². The van der Waals surface area contributed by atoms with Gasteiger partial charge in [0.1, 0.15) is 0 Å². The van der Waals surface area contributed by atoms with Crippen molar-refractivity contribution < 1.29 is 5.11 Å². The molecule has 1 aromatic carbocycles. The van der Waals surface area contributed by atoms with Crippen LogP contribution in [0.1, 0.15) is 31.9 Å². The van der Waals surface area contributed by atoms with Crippen LogP contribution in [-0.4, -0.2) is 17.8 Å². The minimum Gasteiger partial charge on any atom is -0.395 e. The zero-order valence-corrected chi connectivity index (χ0v) is 11.0. The third-order valence-electron chi connectivity index (χ3n) is 2.64. The summed E-state index contributed by atoms with van der Waals surface area (Å²) in [6.45, 7) is 4.22. The average molecular weight is 262 g/mol. The molecular formula is C12H17Cl2NO. The molecule has 4 heteroatoms. The highest BCUT2D eigenvalue weighted by Crippen LogP contribution is 2.25. The van der Waals surface area contributed by atoms with Gasteiger partial charge in [0, 0.05) is 12.1 Å². The van der Waals surface area contributed by atoms with Crippen LogP contribution in [0, 0.1) is 0 Å². The fourth-order valence-corrected chi connectivity index (χ4v) is 1.84. The predicted molar refractivity (Wildman–Crippen MR) is 69.2 cm³/mol. The number of halogens is 2. The number of hydrogen-bond donors (Lipinski definition) is 2. The van der Waals surface area contributed by atoms with E-state index in [1.54, 1.807) is 6.07 Å². The third-order valence-corrected chi connectivity index (χ3v) is 3.38. The molecule has 0 saturated heterocycles. The Morgan fingerprint density at radius 2 is 2.00 bits per heavy atom. The lowest BCUT2D eigenvalue weighted by Crippen LogP contribution is -2.33. The van der Waals surface area contributed by atoms with Crippen molar-refractivity contribution in [2.24, 2.45) is 0 Å². The van der Waals surface area contributed by atoms with Gasteiger partial charge in [-0.15, -0.1) is 0 Å². The second-order valence-corrected chi connectivity index (χ2v) is 4.66. The van der Waals surface area contributed by atoms with Gasteiger partial charge in [-0.2, -0.15) is 0 Å². The molecule has 1 unspecified atom stereocenters. The molecule has 2 nitrogen and oxygen atoms in total. The van der Waals surface area contributed by atoms with Crippen molar-refractivity contribution in [2.45, 2.75) is 32.4 Å². The smallest absolute Gasteiger partial charge is 0.0595 e. The van der Waals surface area contributed by atoms with Gasteiger partial charge in [-0.1, -0.05) is 36.2 Å². The second kappa shape index (κ2) is 6.45. The first kappa shape index (κ1) is 13.8. The molecule has 1 rings (SSSR count). The molecule has 0 aliphatic rings. The number of nitrogens with one attached hydrogen (secondary N) is 1. The van der Waals surface area contributed by atoms with E-state index < -0.39 is 0 Å². The highest BCUT2D eigenvalue weighted by Gasteiger charge is 2.11. The lowest BCUT2D eigenvalue weighted by atomic mass is 10.1. The predicted octanol–water partition coefficient (Wildman–Crippen LogP) is 3.41. The Morgan fingerprint density at radius 3 is 2.50 bits per heavy atom. The maximum Gasteiger partial charge on any atom is 0.0595 e. The highest BCUT2D eigenvalue weighted by molar-refractivity contribution is 6.42. The van der Waals surface area contributed by atoms with E-state index in [1.807, 2.05) is 26.0 Å². The van der Waals surface area contributed by atoms with E-state index in [-0.39, 0.29) is 18.7 Å². The van der Waals surface area contributed by atoms with Crippen molar-refractivity contribution in [1.29, 1.82) is 0 Å². The summed E-state index contributed by atoms with van der Waals surface area (Å²) in [5.74, 6) is 0. The molecule has 0 saturated carbocycles. The minimum atomic E-state index is 0.115. The molecule has 0 aromatic heterocycles. The quantitative estimate of drug-likeness (QED) is 0.852. The molecular weight excluding hydrogens is 245 g/mol. The Kier molecular flexibility index (Phi) is 5.56. The zero-order chi connectivity index (χ0) is 12.1. The number of rotatable bonds is 5. The van der Waals surface area contributed by atoms with Gasteiger partial charge in [0.15, 0.2) is 0 Å². The summed E-state index contributed by atoms with van der Waals surface area (Å²) < 4.78 is 0. The fourth-order valence-electron chi connectivity index (χ4n) is 1.53. The number of hydrogen-bond acceptors (Lipinski definition) is 2. The van der Waals surface area contributed by atoms with Crippen LogP contribution >= 0.6 is 23.2 Å². The maximum atomic E-state index is 9.11. The van der Waals surface area contributed by atoms with Crippen LogP contribution in [0.5, 0.6) is 0 Å². The van der Waals surface area contributed by atoms with Crippen LogP contribution in [0.3, 0.4) is 0 Å². The number of benzene rings is 1. The molecule has 0 bridgehead atoms. The van der Waals surface area contributed by atoms with Gasteiger partial charge < -0.3 is 10.4 Å². The number of aliphatic hydroxyl groups excluding tert-OH is 1. The largest absolute Gasteiger partial charge is 0.395 e. The highest BCUT2D eigenvalue weighted by atomic mass is 35.5. The first-order chi connectivity index (χ1) is 7.58.